The highest BCUT2D eigenvalue weighted by Crippen LogP contribution is 2.22. The van der Waals surface area contributed by atoms with Crippen molar-refractivity contribution in [1.82, 2.24) is 4.98 Å². The number of hydrogen-bond acceptors (Lipinski definition) is 3. The highest BCUT2D eigenvalue weighted by atomic mass is 35.5. The zero-order valence-electron chi connectivity index (χ0n) is 7.17. The number of rotatable bonds is 2. The summed E-state index contributed by atoms with van der Waals surface area (Å²) in [6, 6.07) is 2.83. The van der Waals surface area contributed by atoms with Gasteiger partial charge in [-0.2, -0.15) is 0 Å². The van der Waals surface area contributed by atoms with Crippen LogP contribution < -0.4 is 11.3 Å². The number of nitrogens with one attached hydrogen (secondary N) is 1. The van der Waals surface area contributed by atoms with Crippen LogP contribution in [0, 0.1) is 0 Å². The Morgan fingerprint density at radius 3 is 2.77 bits per heavy atom. The third-order valence-corrected chi connectivity index (χ3v) is 2.11. The molecular formula is C8H11ClN2O2. The second-order valence-electron chi connectivity index (χ2n) is 3.13. The molecule has 4 N–H and O–H groups in total. The zero-order valence-corrected chi connectivity index (χ0v) is 7.93. The van der Waals surface area contributed by atoms with Crippen molar-refractivity contribution >= 4 is 11.6 Å². The third kappa shape index (κ3) is 2.09. The standard InChI is InChI=1S/C8H11ClN2O2/c1-8(10,4-12)5-2-3-6(13)11-7(5)9/h2-3,12H,4,10H2,1H3,(H,11,13)/t8-/m1/s1. The number of pyridine rings is 1. The monoisotopic (exact) mass is 202 g/mol. The van der Waals surface area contributed by atoms with Crippen molar-refractivity contribution in [3.63, 3.8) is 0 Å². The lowest BCUT2D eigenvalue weighted by atomic mass is 9.96. The number of aliphatic hydroxyl groups is 1. The fraction of sp³-hybridized carbons (Fsp3) is 0.375. The largest absolute Gasteiger partial charge is 0.394 e. The van der Waals surface area contributed by atoms with E-state index in [-0.39, 0.29) is 17.3 Å². The number of H-pyrrole nitrogens is 1. The van der Waals surface area contributed by atoms with Gasteiger partial charge in [-0.05, 0) is 13.0 Å². The first kappa shape index (κ1) is 10.2. The average molecular weight is 203 g/mol. The minimum atomic E-state index is -0.929. The molecule has 5 heteroatoms. The van der Waals surface area contributed by atoms with Crippen molar-refractivity contribution in [2.75, 3.05) is 6.61 Å². The second kappa shape index (κ2) is 3.49. The lowest BCUT2D eigenvalue weighted by Crippen LogP contribution is -2.37. The van der Waals surface area contributed by atoms with Crippen molar-refractivity contribution < 1.29 is 5.11 Å². The Morgan fingerprint density at radius 2 is 2.31 bits per heavy atom. The highest BCUT2D eigenvalue weighted by Gasteiger charge is 2.23. The second-order valence-corrected chi connectivity index (χ2v) is 3.50. The van der Waals surface area contributed by atoms with Gasteiger partial charge in [-0.25, -0.2) is 0 Å². The predicted octanol–water partition coefficient (Wildman–Crippen LogP) is 0.194. The molecule has 72 valence electrons. The fourth-order valence-corrected chi connectivity index (χ4v) is 1.35. The molecular weight excluding hydrogens is 192 g/mol. The van der Waals surface area contributed by atoms with E-state index in [0.29, 0.717) is 5.56 Å². The van der Waals surface area contributed by atoms with Crippen LogP contribution >= 0.6 is 11.6 Å². The van der Waals surface area contributed by atoms with Gasteiger partial charge in [0.2, 0.25) is 5.56 Å². The van der Waals surface area contributed by atoms with Gasteiger partial charge in [0.25, 0.3) is 0 Å². The van der Waals surface area contributed by atoms with E-state index >= 15 is 0 Å². The molecule has 0 saturated heterocycles. The molecule has 0 aliphatic heterocycles. The summed E-state index contributed by atoms with van der Waals surface area (Å²) in [6.07, 6.45) is 0. The Kier molecular flexibility index (Phi) is 2.75. The first-order valence-electron chi connectivity index (χ1n) is 3.76. The van der Waals surface area contributed by atoms with Crippen molar-refractivity contribution in [1.29, 1.82) is 0 Å². The van der Waals surface area contributed by atoms with Crippen LogP contribution in [0.5, 0.6) is 0 Å². The molecule has 4 nitrogen and oxygen atoms in total. The molecule has 1 aromatic heterocycles. The SMILES string of the molecule is C[C@@](N)(CO)c1ccc(=O)[nH]c1Cl. The summed E-state index contributed by atoms with van der Waals surface area (Å²) >= 11 is 5.75. The number of aromatic nitrogens is 1. The van der Waals surface area contributed by atoms with Crippen molar-refractivity contribution in [2.45, 2.75) is 12.5 Å². The Morgan fingerprint density at radius 1 is 1.69 bits per heavy atom. The molecule has 0 fully saturated rings. The fourth-order valence-electron chi connectivity index (χ4n) is 0.976. The molecule has 1 rings (SSSR count). The number of halogens is 1. The van der Waals surface area contributed by atoms with Crippen LogP contribution in [-0.2, 0) is 5.54 Å². The Labute approximate surface area is 80.3 Å². The van der Waals surface area contributed by atoms with Gasteiger partial charge in [-0.1, -0.05) is 11.6 Å². The zero-order chi connectivity index (χ0) is 10.1. The van der Waals surface area contributed by atoms with Crippen molar-refractivity contribution in [3.05, 3.63) is 33.2 Å². The van der Waals surface area contributed by atoms with Gasteiger partial charge in [0.05, 0.1) is 12.1 Å². The lowest BCUT2D eigenvalue weighted by Gasteiger charge is -2.22. The summed E-state index contributed by atoms with van der Waals surface area (Å²) in [7, 11) is 0. The van der Waals surface area contributed by atoms with Crippen LogP contribution in [0.15, 0.2) is 16.9 Å². The molecule has 0 spiro atoms. The highest BCUT2D eigenvalue weighted by molar-refractivity contribution is 6.30. The maximum atomic E-state index is 10.8. The van der Waals surface area contributed by atoms with E-state index in [0.717, 1.165) is 0 Å². The van der Waals surface area contributed by atoms with E-state index in [1.165, 1.54) is 12.1 Å². The van der Waals surface area contributed by atoms with Gasteiger partial charge in [0.1, 0.15) is 5.15 Å². The van der Waals surface area contributed by atoms with Crippen LogP contribution in [0.2, 0.25) is 5.15 Å². The average Bonchev–Trinajstić information content (AvgIpc) is 2.03. The van der Waals surface area contributed by atoms with Gasteiger partial charge >= 0.3 is 0 Å². The predicted molar refractivity (Wildman–Crippen MR) is 50.7 cm³/mol. The molecule has 0 radical (unpaired) electrons. The summed E-state index contributed by atoms with van der Waals surface area (Å²) in [5.74, 6) is 0. The van der Waals surface area contributed by atoms with E-state index in [9.17, 15) is 4.79 Å². The summed E-state index contributed by atoms with van der Waals surface area (Å²) in [5, 5.41) is 9.14. The number of nitrogens with two attached hydrogens (primary N) is 1. The number of hydrogen-bond donors (Lipinski definition) is 3. The summed E-state index contributed by atoms with van der Waals surface area (Å²) < 4.78 is 0. The molecule has 13 heavy (non-hydrogen) atoms. The summed E-state index contributed by atoms with van der Waals surface area (Å²) in [4.78, 5) is 13.2. The van der Waals surface area contributed by atoms with Gasteiger partial charge in [0, 0.05) is 11.6 Å². The van der Waals surface area contributed by atoms with Gasteiger partial charge in [0.15, 0.2) is 0 Å². The van der Waals surface area contributed by atoms with Gasteiger partial charge in [-0.3, -0.25) is 4.79 Å². The third-order valence-electron chi connectivity index (χ3n) is 1.81. The normalized spacial score (nSPS) is 15.4. The Hall–Kier alpha value is -0.840. The number of aliphatic hydroxyl groups excluding tert-OH is 1. The minimum absolute atomic E-state index is 0.173. The molecule has 0 aliphatic carbocycles. The molecule has 0 aliphatic rings. The van der Waals surface area contributed by atoms with Gasteiger partial charge < -0.3 is 15.8 Å². The van der Waals surface area contributed by atoms with Crippen LogP contribution in [0.3, 0.4) is 0 Å². The smallest absolute Gasteiger partial charge is 0.249 e. The summed E-state index contributed by atoms with van der Waals surface area (Å²) in [6.45, 7) is 1.39. The molecule has 1 aromatic rings. The van der Waals surface area contributed by atoms with E-state index in [1.54, 1.807) is 6.92 Å². The van der Waals surface area contributed by atoms with E-state index in [2.05, 4.69) is 4.98 Å². The topological polar surface area (TPSA) is 79.1 Å². The Bertz CT molecular complexity index is 359. The minimum Gasteiger partial charge on any atom is -0.394 e. The summed E-state index contributed by atoms with van der Waals surface area (Å²) in [5.41, 5.74) is 5.04. The molecule has 0 bridgehead atoms. The van der Waals surface area contributed by atoms with Crippen LogP contribution in [0.4, 0.5) is 0 Å². The quantitative estimate of drug-likeness (QED) is 0.600. The first-order chi connectivity index (χ1) is 5.97. The molecule has 0 amide bonds. The van der Waals surface area contributed by atoms with Crippen LogP contribution in [0.1, 0.15) is 12.5 Å². The van der Waals surface area contributed by atoms with Crippen LogP contribution in [-0.4, -0.2) is 16.7 Å². The maximum absolute atomic E-state index is 10.8. The van der Waals surface area contributed by atoms with Crippen LogP contribution in [0.25, 0.3) is 0 Å². The van der Waals surface area contributed by atoms with Gasteiger partial charge in [-0.15, -0.1) is 0 Å². The molecule has 0 unspecified atom stereocenters. The molecule has 0 aromatic carbocycles. The molecule has 1 atom stereocenters. The van der Waals surface area contributed by atoms with Crippen molar-refractivity contribution in [2.24, 2.45) is 5.73 Å². The molecule has 1 heterocycles. The molecule has 0 saturated carbocycles. The maximum Gasteiger partial charge on any atom is 0.249 e. The van der Waals surface area contributed by atoms with Crippen molar-refractivity contribution in [3.8, 4) is 0 Å². The van der Waals surface area contributed by atoms with E-state index in [1.807, 2.05) is 0 Å². The lowest BCUT2D eigenvalue weighted by molar-refractivity contribution is 0.210. The van der Waals surface area contributed by atoms with E-state index < -0.39 is 5.54 Å². The first-order valence-corrected chi connectivity index (χ1v) is 4.14. The number of aromatic amines is 1. The van der Waals surface area contributed by atoms with E-state index in [4.69, 9.17) is 22.4 Å². The Balaban J connectivity index is 3.23.